The molecule has 16 heavy (non-hydrogen) atoms. The van der Waals surface area contributed by atoms with Crippen molar-refractivity contribution in [2.24, 2.45) is 5.92 Å². The lowest BCUT2D eigenvalue weighted by Crippen LogP contribution is -2.13. The molecule has 0 amide bonds. The normalized spacial score (nSPS) is 20.6. The topological polar surface area (TPSA) is 37.8 Å². The van der Waals surface area contributed by atoms with Crippen molar-refractivity contribution in [3.8, 4) is 0 Å². The van der Waals surface area contributed by atoms with Gasteiger partial charge in [-0.1, -0.05) is 13.8 Å². The molecule has 0 saturated carbocycles. The van der Waals surface area contributed by atoms with E-state index in [0.29, 0.717) is 5.92 Å². The van der Waals surface area contributed by atoms with Gasteiger partial charge in [-0.2, -0.15) is 16.1 Å². The fraction of sp³-hybridized carbons (Fsp3) is 0.818. The summed E-state index contributed by atoms with van der Waals surface area (Å²) < 4.78 is 4.36. The van der Waals surface area contributed by atoms with Gasteiger partial charge in [0.25, 0.3) is 0 Å². The summed E-state index contributed by atoms with van der Waals surface area (Å²) in [6, 6.07) is 0. The van der Waals surface area contributed by atoms with E-state index in [2.05, 4.69) is 40.3 Å². The third kappa shape index (κ3) is 3.63. The molecule has 1 unspecified atom stereocenters. The third-order valence-electron chi connectivity index (χ3n) is 2.56. The van der Waals surface area contributed by atoms with Crippen molar-refractivity contribution in [2.45, 2.75) is 38.4 Å². The van der Waals surface area contributed by atoms with Crippen LogP contribution in [-0.4, -0.2) is 26.9 Å². The summed E-state index contributed by atoms with van der Waals surface area (Å²) in [4.78, 5) is 4.50. The van der Waals surface area contributed by atoms with E-state index >= 15 is 0 Å². The molecule has 0 aromatic carbocycles. The number of hydrogen-bond acceptors (Lipinski definition) is 5. The number of nitrogens with one attached hydrogen (secondary N) is 1. The molecular formula is C11H19N3S2. The third-order valence-corrected chi connectivity index (χ3v) is 4.67. The summed E-state index contributed by atoms with van der Waals surface area (Å²) in [6.07, 6.45) is 3.69. The first kappa shape index (κ1) is 12.2. The van der Waals surface area contributed by atoms with E-state index < -0.39 is 0 Å². The van der Waals surface area contributed by atoms with Crippen molar-refractivity contribution in [1.82, 2.24) is 9.36 Å². The van der Waals surface area contributed by atoms with Crippen molar-refractivity contribution in [3.05, 3.63) is 5.82 Å². The first-order valence-corrected chi connectivity index (χ1v) is 7.74. The van der Waals surface area contributed by atoms with Gasteiger partial charge in [0.15, 0.2) is 0 Å². The van der Waals surface area contributed by atoms with Crippen LogP contribution in [0.15, 0.2) is 0 Å². The van der Waals surface area contributed by atoms with Gasteiger partial charge in [-0.05, 0) is 24.5 Å². The monoisotopic (exact) mass is 257 g/mol. The van der Waals surface area contributed by atoms with Gasteiger partial charge in [0, 0.05) is 29.7 Å². The number of nitrogens with zero attached hydrogens (tertiary/aromatic N) is 2. The van der Waals surface area contributed by atoms with Crippen molar-refractivity contribution in [1.29, 1.82) is 0 Å². The standard InChI is InChI=1S/C11H19N3S2/c1-8(2)6-10-13-11(16-14-10)12-7-9-4-3-5-15-9/h8-9H,3-7H2,1-2H3,(H,12,13,14). The Bertz CT molecular complexity index is 319. The zero-order valence-corrected chi connectivity index (χ0v) is 11.5. The highest BCUT2D eigenvalue weighted by Gasteiger charge is 2.15. The smallest absolute Gasteiger partial charge is 0.202 e. The minimum Gasteiger partial charge on any atom is -0.359 e. The molecule has 0 spiro atoms. The minimum absolute atomic E-state index is 0.632. The van der Waals surface area contributed by atoms with Crippen LogP contribution in [0.4, 0.5) is 5.13 Å². The Kier molecular flexibility index (Phi) is 4.46. The molecule has 1 N–H and O–H groups in total. The Hall–Kier alpha value is -0.290. The molecule has 1 fully saturated rings. The van der Waals surface area contributed by atoms with E-state index in [1.54, 1.807) is 0 Å². The van der Waals surface area contributed by atoms with E-state index in [4.69, 9.17) is 0 Å². The summed E-state index contributed by atoms with van der Waals surface area (Å²) in [5.74, 6) is 2.94. The molecule has 0 aliphatic carbocycles. The second-order valence-electron chi connectivity index (χ2n) is 4.63. The van der Waals surface area contributed by atoms with Crippen molar-refractivity contribution in [3.63, 3.8) is 0 Å². The molecule has 1 aliphatic rings. The summed E-state index contributed by atoms with van der Waals surface area (Å²) in [5, 5.41) is 5.17. The second-order valence-corrected chi connectivity index (χ2v) is 6.79. The highest BCUT2D eigenvalue weighted by molar-refractivity contribution is 8.00. The number of aromatic nitrogens is 2. The molecular weight excluding hydrogens is 238 g/mol. The molecule has 1 aromatic heterocycles. The van der Waals surface area contributed by atoms with E-state index in [1.165, 1.54) is 30.1 Å². The zero-order valence-electron chi connectivity index (χ0n) is 9.90. The summed E-state index contributed by atoms with van der Waals surface area (Å²) in [7, 11) is 0. The number of thioether (sulfide) groups is 1. The first-order valence-electron chi connectivity index (χ1n) is 5.92. The van der Waals surface area contributed by atoms with E-state index in [-0.39, 0.29) is 0 Å². The number of anilines is 1. The SMILES string of the molecule is CC(C)Cc1nsc(NCC2CCCS2)n1. The molecule has 1 atom stereocenters. The highest BCUT2D eigenvalue weighted by atomic mass is 32.2. The minimum atomic E-state index is 0.632. The largest absolute Gasteiger partial charge is 0.359 e. The second kappa shape index (κ2) is 5.87. The molecule has 2 heterocycles. The molecule has 90 valence electrons. The lowest BCUT2D eigenvalue weighted by Gasteiger charge is -2.07. The van der Waals surface area contributed by atoms with Gasteiger partial charge in [0.1, 0.15) is 5.82 Å². The maximum atomic E-state index is 4.50. The molecule has 3 nitrogen and oxygen atoms in total. The quantitative estimate of drug-likeness (QED) is 0.880. The lowest BCUT2D eigenvalue weighted by molar-refractivity contribution is 0.627. The average Bonchev–Trinajstić information content (AvgIpc) is 2.84. The Morgan fingerprint density at radius 1 is 1.50 bits per heavy atom. The molecule has 5 heteroatoms. The fourth-order valence-corrected chi connectivity index (χ4v) is 3.58. The first-order chi connectivity index (χ1) is 7.74. The Balaban J connectivity index is 1.78. The maximum absolute atomic E-state index is 4.50. The maximum Gasteiger partial charge on any atom is 0.202 e. The van der Waals surface area contributed by atoms with Crippen LogP contribution in [0.1, 0.15) is 32.5 Å². The molecule has 0 bridgehead atoms. The van der Waals surface area contributed by atoms with Crippen LogP contribution in [0, 0.1) is 5.92 Å². The molecule has 2 rings (SSSR count). The van der Waals surface area contributed by atoms with Crippen molar-refractivity contribution in [2.75, 3.05) is 17.6 Å². The van der Waals surface area contributed by atoms with Crippen LogP contribution in [-0.2, 0) is 6.42 Å². The van der Waals surface area contributed by atoms with Crippen LogP contribution in [0.5, 0.6) is 0 Å². The fourth-order valence-electron chi connectivity index (χ4n) is 1.78. The summed E-state index contributed by atoms with van der Waals surface area (Å²) >= 11 is 3.57. The number of rotatable bonds is 5. The van der Waals surface area contributed by atoms with Crippen LogP contribution in [0.3, 0.4) is 0 Å². The van der Waals surface area contributed by atoms with Gasteiger partial charge >= 0.3 is 0 Å². The van der Waals surface area contributed by atoms with Gasteiger partial charge in [-0.25, -0.2) is 4.98 Å². The van der Waals surface area contributed by atoms with Crippen LogP contribution >= 0.6 is 23.3 Å². The lowest BCUT2D eigenvalue weighted by atomic mass is 10.1. The molecule has 1 aromatic rings. The average molecular weight is 257 g/mol. The van der Waals surface area contributed by atoms with Crippen molar-refractivity contribution >= 4 is 28.4 Å². The molecule has 1 saturated heterocycles. The molecule has 0 radical (unpaired) electrons. The predicted molar refractivity (Wildman–Crippen MR) is 72.4 cm³/mol. The number of hydrogen-bond donors (Lipinski definition) is 1. The summed E-state index contributed by atoms with van der Waals surface area (Å²) in [6.45, 7) is 5.44. The summed E-state index contributed by atoms with van der Waals surface area (Å²) in [5.41, 5.74) is 0. The van der Waals surface area contributed by atoms with E-state index in [9.17, 15) is 0 Å². The van der Waals surface area contributed by atoms with Crippen LogP contribution in [0.25, 0.3) is 0 Å². The van der Waals surface area contributed by atoms with Crippen LogP contribution < -0.4 is 5.32 Å². The molecule has 1 aliphatic heterocycles. The van der Waals surface area contributed by atoms with Gasteiger partial charge < -0.3 is 5.32 Å². The predicted octanol–water partition coefficient (Wildman–Crippen LogP) is 3.04. The van der Waals surface area contributed by atoms with E-state index in [1.807, 2.05) is 0 Å². The Morgan fingerprint density at radius 2 is 2.38 bits per heavy atom. The van der Waals surface area contributed by atoms with E-state index in [0.717, 1.165) is 29.2 Å². The van der Waals surface area contributed by atoms with Gasteiger partial charge in [-0.15, -0.1) is 0 Å². The van der Waals surface area contributed by atoms with Crippen molar-refractivity contribution < 1.29 is 0 Å². The van der Waals surface area contributed by atoms with Crippen LogP contribution in [0.2, 0.25) is 0 Å². The van der Waals surface area contributed by atoms with Gasteiger partial charge in [0.2, 0.25) is 5.13 Å². The highest BCUT2D eigenvalue weighted by Crippen LogP contribution is 2.26. The van der Waals surface area contributed by atoms with Gasteiger partial charge in [0.05, 0.1) is 0 Å². The zero-order chi connectivity index (χ0) is 11.4. The Morgan fingerprint density at radius 3 is 3.06 bits per heavy atom. The Labute approximate surface area is 106 Å². The van der Waals surface area contributed by atoms with Gasteiger partial charge in [-0.3, -0.25) is 0 Å².